The molecule has 0 radical (unpaired) electrons. The molecule has 1 atom stereocenters. The predicted octanol–water partition coefficient (Wildman–Crippen LogP) is 2.97. The van der Waals surface area contributed by atoms with Crippen LogP contribution < -0.4 is 10.5 Å². The van der Waals surface area contributed by atoms with Gasteiger partial charge in [-0.05, 0) is 18.6 Å². The third kappa shape index (κ3) is 4.27. The van der Waals surface area contributed by atoms with Crippen LogP contribution in [0.4, 0.5) is 26.3 Å². The smallest absolute Gasteiger partial charge is 0.434 e. The number of ether oxygens (including phenoxy) is 1. The summed E-state index contributed by atoms with van der Waals surface area (Å²) >= 11 is 0. The lowest BCUT2D eigenvalue weighted by molar-refractivity contribution is -0.300. The Balaban J connectivity index is 3.01. The summed E-state index contributed by atoms with van der Waals surface area (Å²) in [7, 11) is 0. The van der Waals surface area contributed by atoms with E-state index in [1.165, 1.54) is 13.0 Å². The third-order valence-corrected chi connectivity index (χ3v) is 2.12. The number of nitrogens with zero attached hydrogens (tertiary/aromatic N) is 1. The van der Waals surface area contributed by atoms with Crippen molar-refractivity contribution in [1.82, 2.24) is 4.98 Å². The van der Waals surface area contributed by atoms with Crippen molar-refractivity contribution in [1.29, 1.82) is 0 Å². The van der Waals surface area contributed by atoms with Crippen molar-refractivity contribution in [3.8, 4) is 5.88 Å². The van der Waals surface area contributed by atoms with Crippen molar-refractivity contribution in [3.63, 3.8) is 0 Å². The summed E-state index contributed by atoms with van der Waals surface area (Å²) in [6.07, 6.45) is -14.1. The van der Waals surface area contributed by atoms with E-state index in [0.717, 1.165) is 12.3 Å². The number of rotatable bonds is 3. The maximum Gasteiger partial charge on any atom is 0.434 e. The van der Waals surface area contributed by atoms with Crippen molar-refractivity contribution < 1.29 is 31.1 Å². The Morgan fingerprint density at radius 3 is 2.11 bits per heavy atom. The maximum atomic E-state index is 12.3. The SMILES string of the molecule is C[C@@H](N)c1ccnc(OC(C(F)(F)F)C(F)(F)F)c1. The van der Waals surface area contributed by atoms with E-state index in [1.54, 1.807) is 0 Å². The van der Waals surface area contributed by atoms with Crippen molar-refractivity contribution in [3.05, 3.63) is 23.9 Å². The second-order valence-corrected chi connectivity index (χ2v) is 3.80. The molecule has 0 aliphatic carbocycles. The molecule has 0 unspecified atom stereocenters. The number of hydrogen-bond acceptors (Lipinski definition) is 3. The minimum absolute atomic E-state index is 0.313. The molecule has 0 bridgehead atoms. The highest BCUT2D eigenvalue weighted by atomic mass is 19.4. The van der Waals surface area contributed by atoms with E-state index in [9.17, 15) is 26.3 Å². The fraction of sp³-hybridized carbons (Fsp3) is 0.500. The van der Waals surface area contributed by atoms with Gasteiger partial charge in [-0.25, -0.2) is 4.98 Å². The maximum absolute atomic E-state index is 12.3. The van der Waals surface area contributed by atoms with Gasteiger partial charge in [-0.3, -0.25) is 0 Å². The summed E-state index contributed by atoms with van der Waals surface area (Å²) in [5, 5.41) is 0. The summed E-state index contributed by atoms with van der Waals surface area (Å²) in [5.41, 5.74) is 5.77. The normalized spacial score (nSPS) is 14.6. The molecule has 19 heavy (non-hydrogen) atoms. The van der Waals surface area contributed by atoms with Crippen LogP contribution in [0.5, 0.6) is 5.88 Å². The topological polar surface area (TPSA) is 48.1 Å². The Labute approximate surface area is 104 Å². The van der Waals surface area contributed by atoms with Gasteiger partial charge < -0.3 is 10.5 Å². The molecule has 0 fully saturated rings. The molecule has 1 aromatic rings. The van der Waals surface area contributed by atoms with Crippen LogP contribution in [0.3, 0.4) is 0 Å². The molecule has 0 aliphatic heterocycles. The first kappa shape index (κ1) is 15.5. The monoisotopic (exact) mass is 288 g/mol. The minimum atomic E-state index is -5.58. The van der Waals surface area contributed by atoms with Crippen LogP contribution in [0.2, 0.25) is 0 Å². The van der Waals surface area contributed by atoms with Crippen molar-refractivity contribution in [2.45, 2.75) is 31.4 Å². The molecule has 1 aromatic heterocycles. The molecule has 0 saturated carbocycles. The number of nitrogens with two attached hydrogens (primary N) is 1. The van der Waals surface area contributed by atoms with Gasteiger partial charge >= 0.3 is 12.4 Å². The Bertz CT molecular complexity index is 415. The Hall–Kier alpha value is -1.51. The molecule has 1 heterocycles. The first-order valence-electron chi connectivity index (χ1n) is 5.03. The molecule has 1 rings (SSSR count). The van der Waals surface area contributed by atoms with Crippen LogP contribution in [0.25, 0.3) is 0 Å². The second kappa shape index (κ2) is 5.24. The van der Waals surface area contributed by atoms with Crippen LogP contribution >= 0.6 is 0 Å². The van der Waals surface area contributed by atoms with Gasteiger partial charge in [-0.2, -0.15) is 26.3 Å². The molecule has 9 heteroatoms. The molecule has 0 saturated heterocycles. The Morgan fingerprint density at radius 1 is 1.16 bits per heavy atom. The second-order valence-electron chi connectivity index (χ2n) is 3.80. The average molecular weight is 288 g/mol. The lowest BCUT2D eigenvalue weighted by Gasteiger charge is -2.23. The summed E-state index contributed by atoms with van der Waals surface area (Å²) in [4.78, 5) is 3.31. The van der Waals surface area contributed by atoms with Crippen LogP contribution in [0.1, 0.15) is 18.5 Å². The van der Waals surface area contributed by atoms with Crippen molar-refractivity contribution in [2.24, 2.45) is 5.73 Å². The standard InChI is InChI=1S/C10H10F6N2O/c1-5(17)6-2-3-18-7(4-6)19-8(9(11,12)13)10(14,15)16/h2-5,8H,17H2,1H3/t5-/m1/s1. The lowest BCUT2D eigenvalue weighted by atomic mass is 10.1. The molecular formula is C10H10F6N2O. The summed E-state index contributed by atoms with van der Waals surface area (Å²) in [5.74, 6) is -0.783. The third-order valence-electron chi connectivity index (χ3n) is 2.12. The van der Waals surface area contributed by atoms with Gasteiger partial charge in [0, 0.05) is 18.3 Å². The summed E-state index contributed by atoms with van der Waals surface area (Å²) < 4.78 is 77.5. The number of aromatic nitrogens is 1. The van der Waals surface area contributed by atoms with Crippen molar-refractivity contribution in [2.75, 3.05) is 0 Å². The molecule has 0 amide bonds. The molecular weight excluding hydrogens is 278 g/mol. The molecule has 0 aromatic carbocycles. The number of halogens is 6. The van der Waals surface area contributed by atoms with Gasteiger partial charge in [0.25, 0.3) is 6.10 Å². The van der Waals surface area contributed by atoms with E-state index < -0.39 is 30.4 Å². The minimum Gasteiger partial charge on any atom is -0.455 e. The van der Waals surface area contributed by atoms with Gasteiger partial charge in [0.2, 0.25) is 5.88 Å². The zero-order chi connectivity index (χ0) is 14.8. The highest BCUT2D eigenvalue weighted by Crippen LogP contribution is 2.36. The largest absolute Gasteiger partial charge is 0.455 e. The van der Waals surface area contributed by atoms with Crippen LogP contribution in [-0.2, 0) is 0 Å². The first-order valence-corrected chi connectivity index (χ1v) is 5.03. The highest BCUT2D eigenvalue weighted by Gasteiger charge is 2.59. The number of pyridine rings is 1. The zero-order valence-electron chi connectivity index (χ0n) is 9.59. The Kier molecular flexibility index (Phi) is 4.28. The first-order chi connectivity index (χ1) is 8.51. The molecule has 0 aliphatic rings. The van der Waals surface area contributed by atoms with E-state index >= 15 is 0 Å². The van der Waals surface area contributed by atoms with Crippen LogP contribution in [0, 0.1) is 0 Å². The van der Waals surface area contributed by atoms with Gasteiger partial charge in [0.15, 0.2) is 0 Å². The lowest BCUT2D eigenvalue weighted by Crippen LogP contribution is -2.46. The van der Waals surface area contributed by atoms with E-state index in [1.807, 2.05) is 0 Å². The van der Waals surface area contributed by atoms with E-state index in [-0.39, 0.29) is 0 Å². The fourth-order valence-corrected chi connectivity index (χ4v) is 1.21. The predicted molar refractivity (Wildman–Crippen MR) is 53.4 cm³/mol. The molecule has 2 N–H and O–H groups in total. The summed E-state index contributed by atoms with van der Waals surface area (Å²) in [6, 6.07) is 1.74. The Morgan fingerprint density at radius 2 is 1.68 bits per heavy atom. The average Bonchev–Trinajstić information content (AvgIpc) is 2.23. The fourth-order valence-electron chi connectivity index (χ4n) is 1.21. The van der Waals surface area contributed by atoms with Gasteiger partial charge in [-0.15, -0.1) is 0 Å². The van der Waals surface area contributed by atoms with Crippen molar-refractivity contribution >= 4 is 0 Å². The zero-order valence-corrected chi connectivity index (χ0v) is 9.59. The summed E-state index contributed by atoms with van der Waals surface area (Å²) in [6.45, 7) is 1.52. The number of alkyl halides is 6. The van der Waals surface area contributed by atoms with E-state index in [2.05, 4.69) is 9.72 Å². The van der Waals surface area contributed by atoms with E-state index in [4.69, 9.17) is 5.73 Å². The van der Waals surface area contributed by atoms with E-state index in [0.29, 0.717) is 5.56 Å². The van der Waals surface area contributed by atoms with Crippen LogP contribution in [0.15, 0.2) is 18.3 Å². The molecule has 108 valence electrons. The van der Waals surface area contributed by atoms with Gasteiger partial charge in [-0.1, -0.05) is 0 Å². The van der Waals surface area contributed by atoms with Gasteiger partial charge in [0.05, 0.1) is 0 Å². The van der Waals surface area contributed by atoms with Crippen LogP contribution in [-0.4, -0.2) is 23.4 Å². The quantitative estimate of drug-likeness (QED) is 0.870. The highest BCUT2D eigenvalue weighted by molar-refractivity contribution is 5.23. The molecule has 3 nitrogen and oxygen atoms in total. The number of hydrogen-bond donors (Lipinski definition) is 1. The molecule has 0 spiro atoms. The van der Waals surface area contributed by atoms with Gasteiger partial charge in [0.1, 0.15) is 0 Å².